The van der Waals surface area contributed by atoms with Crippen LogP contribution in [0, 0.1) is 0 Å². The largest absolute Gasteiger partial charge is 0.491 e. The van der Waals surface area contributed by atoms with E-state index < -0.39 is 17.9 Å². The molecule has 0 aliphatic carbocycles. The van der Waals surface area contributed by atoms with Crippen molar-refractivity contribution < 1.29 is 23.8 Å². The molecule has 0 unspecified atom stereocenters. The van der Waals surface area contributed by atoms with E-state index in [2.05, 4.69) is 26.1 Å². The first-order chi connectivity index (χ1) is 21.5. The number of piperidine rings is 1. The number of halogens is 1. The normalized spacial score (nSPS) is 14.0. The predicted octanol–water partition coefficient (Wildman–Crippen LogP) is 7.29. The summed E-state index contributed by atoms with van der Waals surface area (Å²) in [4.78, 5) is 28.7. The van der Waals surface area contributed by atoms with Crippen LogP contribution in [-0.4, -0.2) is 56.2 Å². The van der Waals surface area contributed by atoms with Gasteiger partial charge in [-0.15, -0.1) is 0 Å². The average Bonchev–Trinajstić information content (AvgIpc) is 3.06. The van der Waals surface area contributed by atoms with Gasteiger partial charge >= 0.3 is 5.97 Å². The first kappa shape index (κ1) is 31.3. The van der Waals surface area contributed by atoms with Crippen LogP contribution < -0.4 is 14.8 Å². The number of hydrogen-bond acceptors (Lipinski definition) is 6. The van der Waals surface area contributed by atoms with E-state index in [0.717, 1.165) is 52.3 Å². The summed E-state index contributed by atoms with van der Waals surface area (Å²) in [5.74, 6) is 1.06. The third kappa shape index (κ3) is 8.49. The third-order valence-corrected chi connectivity index (χ3v) is 8.15. The van der Waals surface area contributed by atoms with Gasteiger partial charge in [-0.1, -0.05) is 83.0 Å². The lowest BCUT2D eigenvalue weighted by molar-refractivity contribution is -0.142. The number of esters is 1. The number of ether oxygens (including phenoxy) is 3. The molecule has 44 heavy (non-hydrogen) atoms. The summed E-state index contributed by atoms with van der Waals surface area (Å²) in [5, 5.41) is 2.88. The van der Waals surface area contributed by atoms with Gasteiger partial charge in [0, 0.05) is 23.0 Å². The Morgan fingerprint density at radius 2 is 1.59 bits per heavy atom. The number of hydrogen-bond donors (Lipinski definition) is 1. The second-order valence-corrected chi connectivity index (χ2v) is 11.7. The van der Waals surface area contributed by atoms with Crippen molar-refractivity contribution in [3.05, 3.63) is 113 Å². The highest BCUT2D eigenvalue weighted by atomic mass is 79.9. The van der Waals surface area contributed by atoms with E-state index in [1.54, 1.807) is 12.1 Å². The number of methoxy groups -OCH3 is 1. The van der Waals surface area contributed by atoms with Gasteiger partial charge in [-0.05, 0) is 73.5 Å². The van der Waals surface area contributed by atoms with Crippen LogP contribution in [-0.2, 0) is 16.0 Å². The molecule has 4 aromatic carbocycles. The quantitative estimate of drug-likeness (QED) is 0.161. The van der Waals surface area contributed by atoms with Gasteiger partial charge in [0.1, 0.15) is 29.9 Å². The Balaban J connectivity index is 1.27. The van der Waals surface area contributed by atoms with Crippen molar-refractivity contribution in [2.45, 2.75) is 31.7 Å². The number of para-hydroxylation sites is 2. The van der Waals surface area contributed by atoms with E-state index in [-0.39, 0.29) is 6.42 Å². The van der Waals surface area contributed by atoms with Crippen LogP contribution in [0.4, 0.5) is 0 Å². The van der Waals surface area contributed by atoms with Crippen LogP contribution in [0.5, 0.6) is 17.2 Å². The third-order valence-electron chi connectivity index (χ3n) is 7.65. The topological polar surface area (TPSA) is 77.1 Å². The SMILES string of the molecule is COC(=O)[C@H](Cc1ccc(-c2ccccc2Oc2ccccc2)cc1)NC(=O)c1cc(Br)ccc1OCCN1CCCCC1. The molecule has 4 aromatic rings. The molecule has 0 bridgehead atoms. The minimum Gasteiger partial charge on any atom is -0.491 e. The number of carbonyl (C=O) groups is 2. The standard InChI is InChI=1S/C36H37BrN2O5/c1-42-36(41)32(38-35(40)31-25-28(37)18-19-33(31)43-23-22-39-20-8-3-9-21-39)24-26-14-16-27(17-15-26)30-12-6-7-13-34(30)44-29-10-4-2-5-11-29/h2,4-7,10-19,25,32H,3,8-9,20-24H2,1H3,(H,38,40)/t32-/m0/s1. The first-order valence-corrected chi connectivity index (χ1v) is 15.7. The molecule has 0 aromatic heterocycles. The Morgan fingerprint density at radius 3 is 2.34 bits per heavy atom. The molecule has 1 fully saturated rings. The predicted molar refractivity (Wildman–Crippen MR) is 175 cm³/mol. The van der Waals surface area contributed by atoms with Gasteiger partial charge < -0.3 is 19.5 Å². The number of nitrogens with one attached hydrogen (secondary N) is 1. The summed E-state index contributed by atoms with van der Waals surface area (Å²) in [6, 6.07) is 29.8. The minimum absolute atomic E-state index is 0.264. The van der Waals surface area contributed by atoms with Crippen molar-refractivity contribution in [2.24, 2.45) is 0 Å². The minimum atomic E-state index is -0.882. The number of benzene rings is 4. The van der Waals surface area contributed by atoms with E-state index in [1.165, 1.54) is 26.4 Å². The number of nitrogens with zero attached hydrogens (tertiary/aromatic N) is 1. The number of amides is 1. The summed E-state index contributed by atoms with van der Waals surface area (Å²) in [6.07, 6.45) is 3.96. The van der Waals surface area contributed by atoms with Gasteiger partial charge in [-0.3, -0.25) is 9.69 Å². The molecule has 1 aliphatic heterocycles. The second kappa shape index (κ2) is 15.5. The Bertz CT molecular complexity index is 1540. The number of carbonyl (C=O) groups excluding carboxylic acids is 2. The summed E-state index contributed by atoms with van der Waals surface area (Å²) in [7, 11) is 1.32. The van der Waals surface area contributed by atoms with Crippen LogP contribution in [0.25, 0.3) is 11.1 Å². The van der Waals surface area contributed by atoms with Crippen LogP contribution >= 0.6 is 15.9 Å². The monoisotopic (exact) mass is 656 g/mol. The molecule has 1 amide bonds. The summed E-state index contributed by atoms with van der Waals surface area (Å²) >= 11 is 3.46. The number of rotatable bonds is 12. The molecule has 1 N–H and O–H groups in total. The van der Waals surface area contributed by atoms with Crippen molar-refractivity contribution in [1.82, 2.24) is 10.2 Å². The van der Waals surface area contributed by atoms with Gasteiger partial charge in [0.25, 0.3) is 5.91 Å². The highest BCUT2D eigenvalue weighted by molar-refractivity contribution is 9.10. The highest BCUT2D eigenvalue weighted by Crippen LogP contribution is 2.33. The summed E-state index contributed by atoms with van der Waals surface area (Å²) < 4.78 is 18.0. The fraction of sp³-hybridized carbons (Fsp3) is 0.278. The van der Waals surface area contributed by atoms with E-state index in [0.29, 0.717) is 17.9 Å². The molecular formula is C36H37BrN2O5. The first-order valence-electron chi connectivity index (χ1n) is 14.9. The molecule has 1 heterocycles. The summed E-state index contributed by atoms with van der Waals surface area (Å²) in [5.41, 5.74) is 3.15. The van der Waals surface area contributed by atoms with Crippen LogP contribution in [0.15, 0.2) is 102 Å². The second-order valence-electron chi connectivity index (χ2n) is 10.8. The van der Waals surface area contributed by atoms with E-state index in [9.17, 15) is 9.59 Å². The van der Waals surface area contributed by atoms with E-state index in [4.69, 9.17) is 14.2 Å². The molecule has 0 radical (unpaired) electrons. The zero-order chi connectivity index (χ0) is 30.7. The van der Waals surface area contributed by atoms with Crippen molar-refractivity contribution in [2.75, 3.05) is 33.4 Å². The Kier molecular flexibility index (Phi) is 11.1. The molecule has 8 heteroatoms. The van der Waals surface area contributed by atoms with Crippen LogP contribution in [0.1, 0.15) is 35.2 Å². The highest BCUT2D eigenvalue weighted by Gasteiger charge is 2.25. The maximum atomic E-state index is 13.5. The Morgan fingerprint density at radius 1 is 0.864 bits per heavy atom. The molecule has 228 valence electrons. The maximum Gasteiger partial charge on any atom is 0.328 e. The molecule has 5 rings (SSSR count). The van der Waals surface area contributed by atoms with Crippen molar-refractivity contribution in [3.63, 3.8) is 0 Å². The zero-order valence-corrected chi connectivity index (χ0v) is 26.4. The van der Waals surface area contributed by atoms with Crippen LogP contribution in [0.3, 0.4) is 0 Å². The van der Waals surface area contributed by atoms with Crippen molar-refractivity contribution >= 4 is 27.8 Å². The van der Waals surface area contributed by atoms with Gasteiger partial charge in [0.2, 0.25) is 0 Å². The van der Waals surface area contributed by atoms with E-state index in [1.807, 2.05) is 84.9 Å². The molecule has 0 spiro atoms. The fourth-order valence-electron chi connectivity index (χ4n) is 5.31. The molecule has 1 atom stereocenters. The van der Waals surface area contributed by atoms with Crippen LogP contribution in [0.2, 0.25) is 0 Å². The average molecular weight is 658 g/mol. The van der Waals surface area contributed by atoms with E-state index >= 15 is 0 Å². The molecule has 1 aliphatic rings. The van der Waals surface area contributed by atoms with Crippen molar-refractivity contribution in [3.8, 4) is 28.4 Å². The maximum absolute atomic E-state index is 13.5. The van der Waals surface area contributed by atoms with Gasteiger partial charge in [0.05, 0.1) is 12.7 Å². The lowest BCUT2D eigenvalue weighted by atomic mass is 9.99. The van der Waals surface area contributed by atoms with Gasteiger partial charge in [0.15, 0.2) is 0 Å². The molecule has 0 saturated carbocycles. The van der Waals surface area contributed by atoms with Crippen molar-refractivity contribution in [1.29, 1.82) is 0 Å². The smallest absolute Gasteiger partial charge is 0.328 e. The molecule has 1 saturated heterocycles. The van der Waals surface area contributed by atoms with Gasteiger partial charge in [-0.25, -0.2) is 4.79 Å². The Hall–Kier alpha value is -4.14. The molecule has 7 nitrogen and oxygen atoms in total. The lowest BCUT2D eigenvalue weighted by Crippen LogP contribution is -2.43. The summed E-state index contributed by atoms with van der Waals surface area (Å²) in [6.45, 7) is 3.44. The zero-order valence-electron chi connectivity index (χ0n) is 24.8. The Labute approximate surface area is 267 Å². The molecular weight excluding hydrogens is 620 g/mol. The lowest BCUT2D eigenvalue weighted by Gasteiger charge is -2.26. The number of likely N-dealkylation sites (tertiary alicyclic amines) is 1. The fourth-order valence-corrected chi connectivity index (χ4v) is 5.67. The van der Waals surface area contributed by atoms with Gasteiger partial charge in [-0.2, -0.15) is 0 Å².